The predicted octanol–water partition coefficient (Wildman–Crippen LogP) is 5.25. The number of hydrogen-bond donors (Lipinski definition) is 1. The molecule has 3 rings (SSSR count). The molecule has 0 bridgehead atoms. The molecule has 19 heavy (non-hydrogen) atoms. The maximum Gasteiger partial charge on any atom is 0.188 e. The Morgan fingerprint density at radius 2 is 2.05 bits per heavy atom. The number of benzene rings is 2. The highest BCUT2D eigenvalue weighted by atomic mass is 79.9. The molecular formula is C14H10BrFN2S. The maximum absolute atomic E-state index is 13.1. The van der Waals surface area contributed by atoms with Gasteiger partial charge in [0.2, 0.25) is 0 Å². The van der Waals surface area contributed by atoms with E-state index in [2.05, 4.69) is 26.2 Å². The summed E-state index contributed by atoms with van der Waals surface area (Å²) < 4.78 is 15.0. The van der Waals surface area contributed by atoms with Gasteiger partial charge in [-0.2, -0.15) is 0 Å². The molecule has 0 spiro atoms. The van der Waals surface area contributed by atoms with Crippen LogP contribution in [0.3, 0.4) is 0 Å². The molecule has 0 saturated carbocycles. The van der Waals surface area contributed by atoms with E-state index in [-0.39, 0.29) is 5.82 Å². The lowest BCUT2D eigenvalue weighted by atomic mass is 10.2. The maximum atomic E-state index is 13.1. The Labute approximate surface area is 122 Å². The molecule has 0 fully saturated rings. The van der Waals surface area contributed by atoms with Crippen LogP contribution in [0.4, 0.5) is 15.2 Å². The normalized spacial score (nSPS) is 10.9. The molecule has 1 aromatic heterocycles. The van der Waals surface area contributed by atoms with Crippen LogP contribution in [0, 0.1) is 12.7 Å². The fraction of sp³-hybridized carbons (Fsp3) is 0.0714. The van der Waals surface area contributed by atoms with Crippen LogP contribution in [-0.2, 0) is 0 Å². The lowest BCUT2D eigenvalue weighted by Crippen LogP contribution is -1.89. The van der Waals surface area contributed by atoms with E-state index in [1.54, 1.807) is 6.07 Å². The van der Waals surface area contributed by atoms with E-state index in [1.165, 1.54) is 23.5 Å². The third kappa shape index (κ3) is 2.62. The van der Waals surface area contributed by atoms with E-state index in [0.717, 1.165) is 31.1 Å². The summed E-state index contributed by atoms with van der Waals surface area (Å²) in [4.78, 5) is 4.43. The van der Waals surface area contributed by atoms with Crippen LogP contribution in [0.1, 0.15) is 5.56 Å². The Kier molecular flexibility index (Phi) is 3.24. The lowest BCUT2D eigenvalue weighted by molar-refractivity contribution is 0.630. The Balaban J connectivity index is 1.94. The number of aryl methyl sites for hydroxylation is 1. The number of anilines is 2. The van der Waals surface area contributed by atoms with E-state index in [0.29, 0.717) is 0 Å². The average Bonchev–Trinajstić information content (AvgIpc) is 2.75. The van der Waals surface area contributed by atoms with Crippen molar-refractivity contribution in [3.63, 3.8) is 0 Å². The van der Waals surface area contributed by atoms with Crippen LogP contribution in [0.25, 0.3) is 10.2 Å². The first-order valence-electron chi connectivity index (χ1n) is 5.71. The van der Waals surface area contributed by atoms with Crippen molar-refractivity contribution in [2.75, 3.05) is 5.32 Å². The zero-order valence-corrected chi connectivity index (χ0v) is 12.5. The summed E-state index contributed by atoms with van der Waals surface area (Å²) in [6, 6.07) is 10.6. The summed E-state index contributed by atoms with van der Waals surface area (Å²) >= 11 is 4.91. The third-order valence-electron chi connectivity index (χ3n) is 2.76. The quantitative estimate of drug-likeness (QED) is 0.691. The van der Waals surface area contributed by atoms with Gasteiger partial charge in [-0.1, -0.05) is 27.3 Å². The monoisotopic (exact) mass is 336 g/mol. The van der Waals surface area contributed by atoms with Gasteiger partial charge >= 0.3 is 0 Å². The number of fused-ring (bicyclic) bond motifs is 1. The minimum absolute atomic E-state index is 0.234. The predicted molar refractivity (Wildman–Crippen MR) is 81.7 cm³/mol. The Morgan fingerprint density at radius 3 is 2.84 bits per heavy atom. The number of rotatable bonds is 2. The highest BCUT2D eigenvalue weighted by molar-refractivity contribution is 9.10. The van der Waals surface area contributed by atoms with E-state index < -0.39 is 0 Å². The number of halogens is 2. The van der Waals surface area contributed by atoms with Crippen molar-refractivity contribution in [2.24, 2.45) is 0 Å². The molecule has 0 amide bonds. The van der Waals surface area contributed by atoms with Crippen molar-refractivity contribution in [1.82, 2.24) is 4.98 Å². The third-order valence-corrected chi connectivity index (χ3v) is 4.58. The van der Waals surface area contributed by atoms with Crippen LogP contribution in [0.15, 0.2) is 40.9 Å². The molecular weight excluding hydrogens is 327 g/mol. The summed E-state index contributed by atoms with van der Waals surface area (Å²) in [7, 11) is 0. The highest BCUT2D eigenvalue weighted by Gasteiger charge is 2.05. The first-order valence-corrected chi connectivity index (χ1v) is 7.32. The number of nitrogens with zero attached hydrogens (tertiary/aromatic N) is 1. The molecule has 3 aromatic rings. The van der Waals surface area contributed by atoms with Gasteiger partial charge in [0.1, 0.15) is 5.82 Å². The number of nitrogens with one attached hydrogen (secondary N) is 1. The Bertz CT molecular complexity index is 754. The lowest BCUT2D eigenvalue weighted by Gasteiger charge is -2.04. The van der Waals surface area contributed by atoms with Crippen LogP contribution in [0.5, 0.6) is 0 Å². The standard InChI is InChI=1S/C14H10BrFN2S/c1-8-6-10(3-4-11(8)15)17-14-18-12-5-2-9(16)7-13(12)19-14/h2-7H,1H3,(H,17,18). The molecule has 0 saturated heterocycles. The molecule has 0 aliphatic rings. The van der Waals surface area contributed by atoms with E-state index in [4.69, 9.17) is 0 Å². The summed E-state index contributed by atoms with van der Waals surface area (Å²) in [6.07, 6.45) is 0. The van der Waals surface area contributed by atoms with Crippen LogP contribution in [-0.4, -0.2) is 4.98 Å². The average molecular weight is 337 g/mol. The van der Waals surface area contributed by atoms with Gasteiger partial charge in [-0.25, -0.2) is 9.37 Å². The summed E-state index contributed by atoms with van der Waals surface area (Å²) in [5.41, 5.74) is 2.93. The summed E-state index contributed by atoms with van der Waals surface area (Å²) in [6.45, 7) is 2.03. The number of thiazole rings is 1. The Hall–Kier alpha value is -1.46. The summed E-state index contributed by atoms with van der Waals surface area (Å²) in [5.74, 6) is -0.234. The second kappa shape index (κ2) is 4.90. The summed E-state index contributed by atoms with van der Waals surface area (Å²) in [5, 5.41) is 4.01. The minimum atomic E-state index is -0.234. The highest BCUT2D eigenvalue weighted by Crippen LogP contribution is 2.29. The number of hydrogen-bond acceptors (Lipinski definition) is 3. The van der Waals surface area contributed by atoms with Gasteiger partial charge in [-0.3, -0.25) is 0 Å². The van der Waals surface area contributed by atoms with Crippen molar-refractivity contribution in [3.05, 3.63) is 52.3 Å². The molecule has 5 heteroatoms. The first-order chi connectivity index (χ1) is 9.11. The minimum Gasteiger partial charge on any atom is -0.332 e. The van der Waals surface area contributed by atoms with Crippen molar-refractivity contribution in [2.45, 2.75) is 6.92 Å². The van der Waals surface area contributed by atoms with Crippen molar-refractivity contribution < 1.29 is 4.39 Å². The fourth-order valence-electron chi connectivity index (χ4n) is 1.80. The molecule has 2 nitrogen and oxygen atoms in total. The smallest absolute Gasteiger partial charge is 0.188 e. The van der Waals surface area contributed by atoms with Crippen LogP contribution >= 0.6 is 27.3 Å². The second-order valence-corrected chi connectivity index (χ2v) is 6.11. The van der Waals surface area contributed by atoms with E-state index in [9.17, 15) is 4.39 Å². The molecule has 96 valence electrons. The molecule has 1 heterocycles. The molecule has 0 unspecified atom stereocenters. The molecule has 0 aliphatic heterocycles. The largest absolute Gasteiger partial charge is 0.332 e. The molecule has 0 atom stereocenters. The van der Waals surface area contributed by atoms with Gasteiger partial charge in [0.15, 0.2) is 5.13 Å². The zero-order chi connectivity index (χ0) is 13.4. The molecule has 1 N–H and O–H groups in total. The fourth-order valence-corrected chi connectivity index (χ4v) is 2.96. The molecule has 0 aliphatic carbocycles. The van der Waals surface area contributed by atoms with Gasteiger partial charge in [0.05, 0.1) is 10.2 Å². The van der Waals surface area contributed by atoms with Crippen LogP contribution in [0.2, 0.25) is 0 Å². The van der Waals surface area contributed by atoms with Gasteiger partial charge < -0.3 is 5.32 Å². The van der Waals surface area contributed by atoms with Crippen molar-refractivity contribution >= 4 is 48.3 Å². The molecule has 2 aromatic carbocycles. The topological polar surface area (TPSA) is 24.9 Å². The van der Waals surface area contributed by atoms with Gasteiger partial charge in [0.25, 0.3) is 0 Å². The van der Waals surface area contributed by atoms with Crippen molar-refractivity contribution in [3.8, 4) is 0 Å². The zero-order valence-electron chi connectivity index (χ0n) is 10.1. The van der Waals surface area contributed by atoms with Crippen LogP contribution < -0.4 is 5.32 Å². The SMILES string of the molecule is Cc1cc(Nc2nc3ccc(F)cc3s2)ccc1Br. The molecule has 0 radical (unpaired) electrons. The van der Waals surface area contributed by atoms with E-state index in [1.807, 2.05) is 25.1 Å². The van der Waals surface area contributed by atoms with Crippen molar-refractivity contribution in [1.29, 1.82) is 0 Å². The first kappa shape index (κ1) is 12.6. The Morgan fingerprint density at radius 1 is 1.21 bits per heavy atom. The van der Waals surface area contributed by atoms with Gasteiger partial charge in [-0.05, 0) is 48.9 Å². The second-order valence-electron chi connectivity index (χ2n) is 4.22. The van der Waals surface area contributed by atoms with Gasteiger partial charge in [0, 0.05) is 10.2 Å². The van der Waals surface area contributed by atoms with E-state index >= 15 is 0 Å². The number of aromatic nitrogens is 1. The van der Waals surface area contributed by atoms with Gasteiger partial charge in [-0.15, -0.1) is 0 Å².